The van der Waals surface area contributed by atoms with Crippen molar-refractivity contribution in [2.45, 2.75) is 37.4 Å². The van der Waals surface area contributed by atoms with Gasteiger partial charge in [-0.1, -0.05) is 30.7 Å². The minimum absolute atomic E-state index is 0.0111. The quantitative estimate of drug-likeness (QED) is 0.561. The summed E-state index contributed by atoms with van der Waals surface area (Å²) in [4.78, 5) is 23.6. The van der Waals surface area contributed by atoms with Gasteiger partial charge in [0.05, 0.1) is 11.3 Å². The number of anilines is 2. The first-order chi connectivity index (χ1) is 14.9. The zero-order chi connectivity index (χ0) is 21.6. The molecule has 3 aromatic rings. The second-order valence-corrected chi connectivity index (χ2v) is 7.81. The van der Waals surface area contributed by atoms with E-state index in [1.807, 2.05) is 6.07 Å². The average Bonchev–Trinajstić information content (AvgIpc) is 3.34. The molecule has 0 radical (unpaired) electrons. The molecule has 3 heterocycles. The number of nitrogens with one attached hydrogen (secondary N) is 1. The molecule has 8 heteroatoms. The van der Waals surface area contributed by atoms with Crippen LogP contribution >= 0.6 is 0 Å². The Morgan fingerprint density at radius 1 is 1.06 bits per heavy atom. The maximum atomic E-state index is 13.1. The van der Waals surface area contributed by atoms with Gasteiger partial charge in [-0.05, 0) is 43.2 Å². The summed E-state index contributed by atoms with van der Waals surface area (Å²) < 4.78 is 39.4. The zero-order valence-electron chi connectivity index (χ0n) is 16.4. The molecule has 1 N–H and O–H groups in total. The molecule has 1 aromatic carbocycles. The number of hydrogen-bond acceptors (Lipinski definition) is 3. The third-order valence-corrected chi connectivity index (χ3v) is 5.95. The van der Waals surface area contributed by atoms with Gasteiger partial charge in [0, 0.05) is 29.3 Å². The molecule has 2 unspecified atom stereocenters. The van der Waals surface area contributed by atoms with Gasteiger partial charge in [-0.15, -0.1) is 0 Å². The van der Waals surface area contributed by atoms with E-state index in [2.05, 4.69) is 15.3 Å². The molecule has 2 aromatic heterocycles. The fraction of sp³-hybridized carbons (Fsp3) is 0.261. The topological polar surface area (TPSA) is 58.1 Å². The molecule has 0 spiro atoms. The number of benzene rings is 1. The molecule has 5 rings (SSSR count). The summed E-state index contributed by atoms with van der Waals surface area (Å²) in [5.74, 6) is 1.13. The van der Waals surface area contributed by atoms with E-state index in [4.69, 9.17) is 0 Å². The molecule has 0 saturated heterocycles. The summed E-state index contributed by atoms with van der Waals surface area (Å²) in [6.07, 6.45) is -0.0169. The van der Waals surface area contributed by atoms with Gasteiger partial charge >= 0.3 is 12.2 Å². The van der Waals surface area contributed by atoms with Crippen LogP contribution < -0.4 is 10.2 Å². The van der Waals surface area contributed by atoms with E-state index in [9.17, 15) is 18.0 Å². The first-order valence-corrected chi connectivity index (χ1v) is 10.1. The largest absolute Gasteiger partial charge is 0.416 e. The summed E-state index contributed by atoms with van der Waals surface area (Å²) in [5.41, 5.74) is 1.00. The third kappa shape index (κ3) is 3.52. The number of carbonyl (C=O) groups excluding carboxylic acids is 1. The molecule has 0 bridgehead atoms. The number of rotatable bonds is 2. The van der Waals surface area contributed by atoms with Crippen LogP contribution in [0.15, 0.2) is 60.8 Å². The van der Waals surface area contributed by atoms with Crippen LogP contribution in [0.5, 0.6) is 0 Å². The molecule has 5 nitrogen and oxygen atoms in total. The standard InChI is InChI=1S/C23H19F3N4O/c24-23(25,26)15-6-3-5-14(13-15)18-11-10-17-16-7-4-8-19(16)30(21(17)28-18)22(31)29-20-9-1-2-12-27-20/h1-3,5-6,9-13,16,19H,4,7-8H2,(H,27,29,31). The number of urea groups is 1. The number of amides is 2. The molecule has 2 atom stereocenters. The van der Waals surface area contributed by atoms with Gasteiger partial charge in [-0.25, -0.2) is 14.8 Å². The first kappa shape index (κ1) is 19.5. The number of carbonyl (C=O) groups is 1. The van der Waals surface area contributed by atoms with Crippen molar-refractivity contribution in [3.8, 4) is 11.3 Å². The Morgan fingerprint density at radius 2 is 1.94 bits per heavy atom. The smallest absolute Gasteiger partial charge is 0.292 e. The maximum Gasteiger partial charge on any atom is 0.416 e. The van der Waals surface area contributed by atoms with Crippen LogP contribution in [-0.4, -0.2) is 22.0 Å². The minimum atomic E-state index is -4.43. The third-order valence-electron chi connectivity index (χ3n) is 5.95. The van der Waals surface area contributed by atoms with Gasteiger partial charge in [-0.3, -0.25) is 10.2 Å². The lowest BCUT2D eigenvalue weighted by Crippen LogP contribution is -2.40. The molecule has 1 saturated carbocycles. The van der Waals surface area contributed by atoms with E-state index in [0.29, 0.717) is 22.9 Å². The molecule has 31 heavy (non-hydrogen) atoms. The van der Waals surface area contributed by atoms with Crippen LogP contribution in [0.3, 0.4) is 0 Å². The summed E-state index contributed by atoms with van der Waals surface area (Å²) in [7, 11) is 0. The van der Waals surface area contributed by atoms with Gasteiger partial charge in [-0.2, -0.15) is 13.2 Å². The van der Waals surface area contributed by atoms with Gasteiger partial charge in [0.1, 0.15) is 11.6 Å². The summed E-state index contributed by atoms with van der Waals surface area (Å²) in [6, 6.07) is 13.6. The second-order valence-electron chi connectivity index (χ2n) is 7.81. The molecule has 1 aliphatic carbocycles. The molecule has 2 amide bonds. The van der Waals surface area contributed by atoms with Crippen molar-refractivity contribution in [2.75, 3.05) is 10.2 Å². The lowest BCUT2D eigenvalue weighted by molar-refractivity contribution is -0.137. The van der Waals surface area contributed by atoms with E-state index in [1.54, 1.807) is 41.4 Å². The SMILES string of the molecule is O=C(Nc1ccccn1)N1c2nc(-c3cccc(C(F)(F)F)c3)ccc2C2CCCC21. The fourth-order valence-corrected chi connectivity index (χ4v) is 4.58. The number of hydrogen-bond donors (Lipinski definition) is 1. The highest BCUT2D eigenvalue weighted by Crippen LogP contribution is 2.49. The Labute approximate surface area is 176 Å². The Kier molecular flexibility index (Phi) is 4.64. The predicted octanol–water partition coefficient (Wildman–Crippen LogP) is 5.85. The summed E-state index contributed by atoms with van der Waals surface area (Å²) in [5, 5.41) is 2.81. The van der Waals surface area contributed by atoms with Crippen molar-refractivity contribution in [3.63, 3.8) is 0 Å². The van der Waals surface area contributed by atoms with Crippen molar-refractivity contribution in [1.82, 2.24) is 9.97 Å². The van der Waals surface area contributed by atoms with Gasteiger partial charge < -0.3 is 0 Å². The number of pyridine rings is 2. The zero-order valence-corrected chi connectivity index (χ0v) is 16.4. The lowest BCUT2D eigenvalue weighted by Gasteiger charge is -2.24. The van der Waals surface area contributed by atoms with Crippen LogP contribution in [0.4, 0.5) is 29.6 Å². The van der Waals surface area contributed by atoms with Crippen molar-refractivity contribution in [3.05, 3.63) is 71.9 Å². The van der Waals surface area contributed by atoms with Crippen LogP contribution in [-0.2, 0) is 6.18 Å². The van der Waals surface area contributed by atoms with E-state index in [0.717, 1.165) is 37.0 Å². The monoisotopic (exact) mass is 424 g/mol. The average molecular weight is 424 g/mol. The molecule has 158 valence electrons. The van der Waals surface area contributed by atoms with Crippen LogP contribution in [0.25, 0.3) is 11.3 Å². The Bertz CT molecular complexity index is 1130. The predicted molar refractivity (Wildman–Crippen MR) is 111 cm³/mol. The number of fused-ring (bicyclic) bond motifs is 3. The van der Waals surface area contributed by atoms with Crippen LogP contribution in [0, 0.1) is 0 Å². The van der Waals surface area contributed by atoms with Gasteiger partial charge in [0.15, 0.2) is 0 Å². The molecular formula is C23H19F3N4O. The first-order valence-electron chi connectivity index (χ1n) is 10.1. The Balaban J connectivity index is 1.53. The van der Waals surface area contributed by atoms with Crippen molar-refractivity contribution < 1.29 is 18.0 Å². The van der Waals surface area contributed by atoms with Crippen LogP contribution in [0.2, 0.25) is 0 Å². The molecular weight excluding hydrogens is 405 g/mol. The minimum Gasteiger partial charge on any atom is -0.292 e. The molecule has 2 aliphatic rings. The Hall–Kier alpha value is -3.42. The van der Waals surface area contributed by atoms with Crippen molar-refractivity contribution >= 4 is 17.7 Å². The van der Waals surface area contributed by atoms with E-state index >= 15 is 0 Å². The number of nitrogens with zero attached hydrogens (tertiary/aromatic N) is 3. The van der Waals surface area contributed by atoms with Crippen LogP contribution in [0.1, 0.15) is 36.3 Å². The number of aromatic nitrogens is 2. The second kappa shape index (κ2) is 7.37. The maximum absolute atomic E-state index is 13.1. The summed E-state index contributed by atoms with van der Waals surface area (Å²) >= 11 is 0. The molecule has 1 aliphatic heterocycles. The lowest BCUT2D eigenvalue weighted by atomic mass is 9.98. The highest BCUT2D eigenvalue weighted by molar-refractivity contribution is 6.03. The Morgan fingerprint density at radius 3 is 2.71 bits per heavy atom. The fourth-order valence-electron chi connectivity index (χ4n) is 4.58. The number of halogens is 3. The highest BCUT2D eigenvalue weighted by Gasteiger charge is 2.45. The summed E-state index contributed by atoms with van der Waals surface area (Å²) in [6.45, 7) is 0. The van der Waals surface area contributed by atoms with E-state index in [1.165, 1.54) is 6.07 Å². The van der Waals surface area contributed by atoms with Crippen molar-refractivity contribution in [2.24, 2.45) is 0 Å². The number of alkyl halides is 3. The van der Waals surface area contributed by atoms with Gasteiger partial charge in [0.25, 0.3) is 0 Å². The normalized spacial score (nSPS) is 19.8. The van der Waals surface area contributed by atoms with E-state index in [-0.39, 0.29) is 18.0 Å². The van der Waals surface area contributed by atoms with E-state index < -0.39 is 11.7 Å². The van der Waals surface area contributed by atoms with Gasteiger partial charge in [0.2, 0.25) is 0 Å². The van der Waals surface area contributed by atoms with Crippen molar-refractivity contribution in [1.29, 1.82) is 0 Å². The molecule has 1 fully saturated rings. The highest BCUT2D eigenvalue weighted by atomic mass is 19.4.